The van der Waals surface area contributed by atoms with Gasteiger partial charge in [0.2, 0.25) is 0 Å². The molecule has 0 saturated carbocycles. The molecule has 0 aliphatic carbocycles. The molecule has 0 aromatic rings. The van der Waals surface area contributed by atoms with Crippen molar-refractivity contribution in [2.45, 2.75) is 46.0 Å². The lowest BCUT2D eigenvalue weighted by atomic mass is 10.1. The van der Waals surface area contributed by atoms with Gasteiger partial charge in [0.25, 0.3) is 11.8 Å². The Kier molecular flexibility index (Phi) is 6.14. The fourth-order valence-electron chi connectivity index (χ4n) is 1.49. The zero-order valence-electron chi connectivity index (χ0n) is 11.7. The molecule has 1 heterocycles. The first-order chi connectivity index (χ1) is 9.40. The van der Waals surface area contributed by atoms with Gasteiger partial charge in [0, 0.05) is 12.8 Å². The van der Waals surface area contributed by atoms with Crippen LogP contribution in [-0.4, -0.2) is 35.4 Å². The number of amides is 2. The first kappa shape index (κ1) is 16.1. The third-order valence-corrected chi connectivity index (χ3v) is 2.69. The van der Waals surface area contributed by atoms with Crippen molar-refractivity contribution in [3.8, 4) is 0 Å². The molecule has 0 atom stereocenters. The van der Waals surface area contributed by atoms with E-state index in [-0.39, 0.29) is 25.7 Å². The summed E-state index contributed by atoms with van der Waals surface area (Å²) in [6, 6.07) is 0. The average Bonchev–Trinajstić information content (AvgIpc) is 2.68. The van der Waals surface area contributed by atoms with Crippen LogP contribution < -0.4 is 0 Å². The van der Waals surface area contributed by atoms with E-state index >= 15 is 0 Å². The molecular weight excluding hydrogens is 266 g/mol. The van der Waals surface area contributed by atoms with E-state index in [0.29, 0.717) is 17.6 Å². The molecule has 0 radical (unpaired) electrons. The minimum absolute atomic E-state index is 0.0450. The van der Waals surface area contributed by atoms with Gasteiger partial charge in [0.15, 0.2) is 0 Å². The molecule has 1 saturated heterocycles. The van der Waals surface area contributed by atoms with Crippen molar-refractivity contribution in [3.63, 3.8) is 0 Å². The molecule has 0 aromatic carbocycles. The largest absolute Gasteiger partial charge is 0.466 e. The summed E-state index contributed by atoms with van der Waals surface area (Å²) >= 11 is 0. The van der Waals surface area contributed by atoms with Crippen molar-refractivity contribution in [2.75, 3.05) is 6.61 Å². The number of nitrogens with zero attached hydrogens (tertiary/aromatic N) is 1. The highest BCUT2D eigenvalue weighted by molar-refractivity contribution is 6.01. The number of carbonyl (C=O) groups excluding carboxylic acids is 4. The maximum Gasteiger partial charge on any atom is 0.333 e. The van der Waals surface area contributed by atoms with Crippen LogP contribution in [0.2, 0.25) is 0 Å². The average molecular weight is 285 g/mol. The van der Waals surface area contributed by atoms with Crippen LogP contribution in [0.4, 0.5) is 0 Å². The van der Waals surface area contributed by atoms with E-state index in [1.54, 1.807) is 0 Å². The summed E-state index contributed by atoms with van der Waals surface area (Å²) in [5.74, 6) is -1.94. The molecule has 7 nitrogen and oxygen atoms in total. The Labute approximate surface area is 117 Å². The summed E-state index contributed by atoms with van der Waals surface area (Å²) in [7, 11) is 0. The standard InChI is InChI=1S/C13H19NO6/c1-9(2)7-8-19-12(17)5-6-13(18)20-14-10(15)3-4-11(14)16/h9H,3-8H2,1-2H3. The third-order valence-electron chi connectivity index (χ3n) is 2.69. The molecule has 2 amide bonds. The fraction of sp³-hybridized carbons (Fsp3) is 0.692. The predicted octanol–water partition coefficient (Wildman–Crippen LogP) is 0.963. The van der Waals surface area contributed by atoms with Gasteiger partial charge in [0.1, 0.15) is 0 Å². The van der Waals surface area contributed by atoms with E-state index in [1.165, 1.54) is 0 Å². The maximum atomic E-state index is 11.4. The lowest BCUT2D eigenvalue weighted by molar-refractivity contribution is -0.197. The smallest absolute Gasteiger partial charge is 0.333 e. The molecule has 0 aromatic heterocycles. The minimum atomic E-state index is -0.797. The zero-order valence-corrected chi connectivity index (χ0v) is 11.7. The van der Waals surface area contributed by atoms with E-state index in [9.17, 15) is 19.2 Å². The monoisotopic (exact) mass is 285 g/mol. The number of hydroxylamine groups is 2. The van der Waals surface area contributed by atoms with Crippen molar-refractivity contribution in [3.05, 3.63) is 0 Å². The van der Waals surface area contributed by atoms with Crippen molar-refractivity contribution < 1.29 is 28.8 Å². The molecule has 20 heavy (non-hydrogen) atoms. The highest BCUT2D eigenvalue weighted by Gasteiger charge is 2.32. The van der Waals surface area contributed by atoms with Crippen molar-refractivity contribution in [1.82, 2.24) is 5.06 Å². The lowest BCUT2D eigenvalue weighted by Gasteiger charge is -2.12. The van der Waals surface area contributed by atoms with Crippen molar-refractivity contribution >= 4 is 23.8 Å². The van der Waals surface area contributed by atoms with Gasteiger partial charge in [-0.3, -0.25) is 14.4 Å². The van der Waals surface area contributed by atoms with Crippen LogP contribution in [0, 0.1) is 5.92 Å². The summed E-state index contributed by atoms with van der Waals surface area (Å²) in [5, 5.41) is 0.465. The Morgan fingerprint density at radius 3 is 2.20 bits per heavy atom. The van der Waals surface area contributed by atoms with Crippen LogP contribution in [-0.2, 0) is 28.8 Å². The topological polar surface area (TPSA) is 90.0 Å². The number of ether oxygens (including phenoxy) is 1. The molecule has 1 aliphatic rings. The summed E-state index contributed by atoms with van der Waals surface area (Å²) < 4.78 is 4.92. The summed E-state index contributed by atoms with van der Waals surface area (Å²) in [4.78, 5) is 49.7. The van der Waals surface area contributed by atoms with Crippen LogP contribution in [0.3, 0.4) is 0 Å². The Morgan fingerprint density at radius 1 is 1.10 bits per heavy atom. The first-order valence-corrected chi connectivity index (χ1v) is 6.62. The van der Waals surface area contributed by atoms with Crippen LogP contribution in [0.15, 0.2) is 0 Å². The van der Waals surface area contributed by atoms with E-state index in [4.69, 9.17) is 4.74 Å². The predicted molar refractivity (Wildman–Crippen MR) is 66.8 cm³/mol. The molecule has 0 N–H and O–H groups in total. The molecule has 112 valence electrons. The second-order valence-electron chi connectivity index (χ2n) is 4.95. The van der Waals surface area contributed by atoms with E-state index in [0.717, 1.165) is 6.42 Å². The SMILES string of the molecule is CC(C)CCOC(=O)CCC(=O)ON1C(=O)CCC1=O. The molecule has 0 bridgehead atoms. The summed E-state index contributed by atoms with van der Waals surface area (Å²) in [6.07, 6.45) is 0.490. The van der Waals surface area contributed by atoms with E-state index < -0.39 is 23.8 Å². The molecule has 0 spiro atoms. The third kappa shape index (κ3) is 5.38. The molecular formula is C13H19NO6. The molecule has 7 heteroatoms. The first-order valence-electron chi connectivity index (χ1n) is 6.62. The Morgan fingerprint density at radius 2 is 1.65 bits per heavy atom. The second kappa shape index (κ2) is 7.62. The minimum Gasteiger partial charge on any atom is -0.466 e. The molecule has 0 unspecified atom stereocenters. The van der Waals surface area contributed by atoms with E-state index in [2.05, 4.69) is 4.84 Å². The number of imide groups is 1. The second-order valence-corrected chi connectivity index (χ2v) is 4.95. The number of hydrogen-bond donors (Lipinski definition) is 0. The van der Waals surface area contributed by atoms with Crippen molar-refractivity contribution in [2.24, 2.45) is 5.92 Å². The maximum absolute atomic E-state index is 11.4. The van der Waals surface area contributed by atoms with Gasteiger partial charge in [-0.2, -0.15) is 0 Å². The Balaban J connectivity index is 2.21. The van der Waals surface area contributed by atoms with Gasteiger partial charge in [-0.05, 0) is 12.3 Å². The summed E-state index contributed by atoms with van der Waals surface area (Å²) in [6.45, 7) is 4.33. The van der Waals surface area contributed by atoms with Gasteiger partial charge in [0.05, 0.1) is 19.4 Å². The molecule has 1 aliphatic heterocycles. The van der Waals surface area contributed by atoms with Gasteiger partial charge < -0.3 is 9.57 Å². The Bertz CT molecular complexity index is 388. The van der Waals surface area contributed by atoms with Crippen molar-refractivity contribution in [1.29, 1.82) is 0 Å². The number of hydrogen-bond acceptors (Lipinski definition) is 6. The van der Waals surface area contributed by atoms with Crippen LogP contribution in [0.25, 0.3) is 0 Å². The zero-order chi connectivity index (χ0) is 15.1. The Hall–Kier alpha value is -1.92. The molecule has 1 rings (SSSR count). The lowest BCUT2D eigenvalue weighted by Crippen LogP contribution is -2.32. The van der Waals surface area contributed by atoms with Gasteiger partial charge in [-0.1, -0.05) is 13.8 Å². The summed E-state index contributed by atoms with van der Waals surface area (Å²) in [5.41, 5.74) is 0. The van der Waals surface area contributed by atoms with E-state index in [1.807, 2.05) is 13.8 Å². The number of esters is 1. The quantitative estimate of drug-likeness (QED) is 0.511. The number of rotatable bonds is 7. The fourth-order valence-corrected chi connectivity index (χ4v) is 1.49. The highest BCUT2D eigenvalue weighted by atomic mass is 16.7. The number of carbonyl (C=O) groups is 4. The normalized spacial score (nSPS) is 14.8. The van der Waals surface area contributed by atoms with Gasteiger partial charge in [-0.25, -0.2) is 4.79 Å². The van der Waals surface area contributed by atoms with Gasteiger partial charge >= 0.3 is 11.9 Å². The molecule has 1 fully saturated rings. The van der Waals surface area contributed by atoms with Crippen LogP contribution in [0.5, 0.6) is 0 Å². The highest BCUT2D eigenvalue weighted by Crippen LogP contribution is 2.13. The van der Waals surface area contributed by atoms with Crippen LogP contribution >= 0.6 is 0 Å². The van der Waals surface area contributed by atoms with Crippen LogP contribution in [0.1, 0.15) is 46.0 Å². The van der Waals surface area contributed by atoms with Gasteiger partial charge in [-0.15, -0.1) is 5.06 Å².